The monoisotopic (exact) mass is 385 g/mol. The first-order chi connectivity index (χ1) is 14.3. The lowest BCUT2D eigenvalue weighted by Crippen LogP contribution is -2.22. The van der Waals surface area contributed by atoms with E-state index in [1.54, 1.807) is 4.68 Å². The zero-order valence-corrected chi connectivity index (χ0v) is 15.6. The van der Waals surface area contributed by atoms with Crippen LogP contribution in [0.25, 0.3) is 17.1 Å². The molecule has 8 heteroatoms. The van der Waals surface area contributed by atoms with Crippen LogP contribution in [0.5, 0.6) is 0 Å². The quantitative estimate of drug-likeness (QED) is 0.551. The second-order valence-electron chi connectivity index (χ2n) is 7.03. The van der Waals surface area contributed by atoms with E-state index in [0.717, 1.165) is 29.8 Å². The summed E-state index contributed by atoms with van der Waals surface area (Å²) in [5.41, 5.74) is 2.77. The van der Waals surface area contributed by atoms with Crippen LogP contribution < -0.4 is 5.32 Å². The summed E-state index contributed by atoms with van der Waals surface area (Å²) in [5.74, 6) is 1.39. The van der Waals surface area contributed by atoms with Gasteiger partial charge in [0, 0.05) is 17.5 Å². The number of anilines is 1. The molecular formula is C21H19N7O. The fourth-order valence-electron chi connectivity index (χ4n) is 3.16. The summed E-state index contributed by atoms with van der Waals surface area (Å²) in [6.07, 6.45) is 2.29. The number of carbonyl (C=O) groups is 1. The zero-order chi connectivity index (χ0) is 19.6. The third-order valence-electron chi connectivity index (χ3n) is 4.76. The summed E-state index contributed by atoms with van der Waals surface area (Å²) < 4.78 is 1.77. The van der Waals surface area contributed by atoms with Gasteiger partial charge in [0.1, 0.15) is 12.4 Å². The molecule has 144 valence electrons. The van der Waals surface area contributed by atoms with E-state index in [2.05, 4.69) is 20.7 Å². The normalized spacial score (nSPS) is 13.4. The second-order valence-corrected chi connectivity index (χ2v) is 7.03. The maximum atomic E-state index is 12.6. The van der Waals surface area contributed by atoms with Crippen molar-refractivity contribution >= 4 is 11.7 Å². The number of amides is 1. The molecule has 0 spiro atoms. The molecule has 1 N–H and O–H groups in total. The van der Waals surface area contributed by atoms with Crippen LogP contribution in [-0.2, 0) is 11.3 Å². The Labute approximate surface area is 167 Å². The van der Waals surface area contributed by atoms with Gasteiger partial charge in [-0.2, -0.15) is 9.90 Å². The molecule has 0 unspecified atom stereocenters. The highest BCUT2D eigenvalue weighted by molar-refractivity contribution is 5.90. The molecule has 1 saturated carbocycles. The molecule has 0 bridgehead atoms. The lowest BCUT2D eigenvalue weighted by atomic mass is 10.2. The number of carbonyl (C=O) groups excluding carboxylic acids is 1. The molecule has 5 rings (SSSR count). The van der Waals surface area contributed by atoms with Crippen molar-refractivity contribution in [2.24, 2.45) is 0 Å². The number of hydrogen-bond acceptors (Lipinski definition) is 5. The maximum absolute atomic E-state index is 12.6. The number of nitrogens with zero attached hydrogens (tertiary/aromatic N) is 6. The number of nitrogens with one attached hydrogen (secondary N) is 1. The van der Waals surface area contributed by atoms with E-state index in [-0.39, 0.29) is 12.5 Å². The molecule has 1 aliphatic carbocycles. The fourth-order valence-corrected chi connectivity index (χ4v) is 3.16. The van der Waals surface area contributed by atoms with Crippen molar-refractivity contribution in [3.05, 3.63) is 72.4 Å². The van der Waals surface area contributed by atoms with Crippen LogP contribution in [0.15, 0.2) is 66.7 Å². The van der Waals surface area contributed by atoms with E-state index >= 15 is 0 Å². The van der Waals surface area contributed by atoms with Crippen LogP contribution in [0.3, 0.4) is 0 Å². The Morgan fingerprint density at radius 3 is 2.45 bits per heavy atom. The minimum Gasteiger partial charge on any atom is -0.309 e. The van der Waals surface area contributed by atoms with Crippen LogP contribution in [-0.4, -0.2) is 35.9 Å². The van der Waals surface area contributed by atoms with Crippen molar-refractivity contribution in [1.29, 1.82) is 0 Å². The Hall–Kier alpha value is -3.81. The lowest BCUT2D eigenvalue weighted by molar-refractivity contribution is -0.117. The number of rotatable bonds is 6. The number of aromatic nitrogens is 6. The Kier molecular flexibility index (Phi) is 4.36. The Morgan fingerprint density at radius 1 is 1.00 bits per heavy atom. The zero-order valence-electron chi connectivity index (χ0n) is 15.6. The molecule has 1 amide bonds. The van der Waals surface area contributed by atoms with Crippen molar-refractivity contribution in [2.45, 2.75) is 25.3 Å². The highest BCUT2D eigenvalue weighted by Gasteiger charge is 2.28. The van der Waals surface area contributed by atoms with Gasteiger partial charge >= 0.3 is 0 Å². The molecule has 4 aromatic rings. The van der Waals surface area contributed by atoms with E-state index in [1.165, 1.54) is 4.80 Å². The van der Waals surface area contributed by atoms with Gasteiger partial charge in [-0.1, -0.05) is 48.5 Å². The first kappa shape index (κ1) is 17.3. The van der Waals surface area contributed by atoms with Crippen molar-refractivity contribution in [1.82, 2.24) is 30.0 Å². The van der Waals surface area contributed by atoms with Crippen molar-refractivity contribution < 1.29 is 4.79 Å². The predicted octanol–water partition coefficient (Wildman–Crippen LogP) is 3.04. The predicted molar refractivity (Wildman–Crippen MR) is 107 cm³/mol. The van der Waals surface area contributed by atoms with Gasteiger partial charge in [-0.05, 0) is 30.2 Å². The van der Waals surface area contributed by atoms with Crippen LogP contribution in [0.2, 0.25) is 0 Å². The van der Waals surface area contributed by atoms with Crippen molar-refractivity contribution in [2.75, 3.05) is 5.32 Å². The number of hydrogen-bond donors (Lipinski definition) is 1. The van der Waals surface area contributed by atoms with Crippen LogP contribution >= 0.6 is 0 Å². The van der Waals surface area contributed by atoms with Gasteiger partial charge < -0.3 is 5.32 Å². The average molecular weight is 385 g/mol. The highest BCUT2D eigenvalue weighted by Crippen LogP contribution is 2.40. The largest absolute Gasteiger partial charge is 0.309 e. The smallest absolute Gasteiger partial charge is 0.249 e. The van der Waals surface area contributed by atoms with Gasteiger partial charge in [0.2, 0.25) is 11.7 Å². The van der Waals surface area contributed by atoms with Crippen LogP contribution in [0.1, 0.15) is 24.5 Å². The van der Waals surface area contributed by atoms with Gasteiger partial charge in [-0.15, -0.1) is 10.2 Å². The van der Waals surface area contributed by atoms with Crippen molar-refractivity contribution in [3.63, 3.8) is 0 Å². The summed E-state index contributed by atoms with van der Waals surface area (Å²) in [7, 11) is 0. The van der Waals surface area contributed by atoms with E-state index < -0.39 is 0 Å². The summed E-state index contributed by atoms with van der Waals surface area (Å²) in [4.78, 5) is 13.9. The molecule has 1 fully saturated rings. The van der Waals surface area contributed by atoms with E-state index in [4.69, 9.17) is 5.10 Å². The average Bonchev–Trinajstić information content (AvgIpc) is 3.37. The minimum atomic E-state index is -0.235. The molecule has 29 heavy (non-hydrogen) atoms. The molecule has 1 aliphatic rings. The molecule has 2 heterocycles. The highest BCUT2D eigenvalue weighted by atomic mass is 16.2. The van der Waals surface area contributed by atoms with Crippen LogP contribution in [0, 0.1) is 0 Å². The number of tetrazole rings is 1. The van der Waals surface area contributed by atoms with Crippen molar-refractivity contribution in [3.8, 4) is 17.1 Å². The Bertz CT molecular complexity index is 1130. The van der Waals surface area contributed by atoms with Gasteiger partial charge in [0.25, 0.3) is 0 Å². The Morgan fingerprint density at radius 2 is 1.72 bits per heavy atom. The molecule has 8 nitrogen and oxygen atoms in total. The van der Waals surface area contributed by atoms with Gasteiger partial charge in [-0.3, -0.25) is 4.79 Å². The number of benzene rings is 2. The summed E-state index contributed by atoms with van der Waals surface area (Å²) in [6.45, 7) is -0.0292. The van der Waals surface area contributed by atoms with E-state index in [9.17, 15) is 4.79 Å². The first-order valence-corrected chi connectivity index (χ1v) is 9.55. The Balaban J connectivity index is 1.34. The second kappa shape index (κ2) is 7.31. The molecule has 0 atom stereocenters. The molecule has 2 aromatic carbocycles. The van der Waals surface area contributed by atoms with Gasteiger partial charge in [0.15, 0.2) is 0 Å². The number of para-hydroxylation sites is 1. The first-order valence-electron chi connectivity index (χ1n) is 9.55. The SMILES string of the molecule is O=C(Cn1nnc(-c2ccccc2)n1)Nc1cc(C2CC2)nn1-c1ccccc1. The van der Waals surface area contributed by atoms with E-state index in [0.29, 0.717) is 17.6 Å². The third kappa shape index (κ3) is 3.77. The maximum Gasteiger partial charge on any atom is 0.249 e. The van der Waals surface area contributed by atoms with Crippen LogP contribution in [0.4, 0.5) is 5.82 Å². The molecule has 2 aromatic heterocycles. The minimum absolute atomic E-state index is 0.0292. The third-order valence-corrected chi connectivity index (χ3v) is 4.76. The molecule has 0 aliphatic heterocycles. The lowest BCUT2D eigenvalue weighted by Gasteiger charge is -2.08. The fraction of sp³-hybridized carbons (Fsp3) is 0.190. The summed E-state index contributed by atoms with van der Waals surface area (Å²) >= 11 is 0. The molecule has 0 radical (unpaired) electrons. The summed E-state index contributed by atoms with van der Waals surface area (Å²) in [5, 5.41) is 20.0. The standard InChI is InChI=1S/C21H19N7O/c29-20(14-27-25-21(23-26-27)16-7-3-1-4-8-16)22-19-13-18(15-11-12-15)24-28(19)17-9-5-2-6-10-17/h1-10,13,15H,11-12,14H2,(H,22,29). The summed E-state index contributed by atoms with van der Waals surface area (Å²) in [6, 6.07) is 21.3. The van der Waals surface area contributed by atoms with E-state index in [1.807, 2.05) is 66.7 Å². The topological polar surface area (TPSA) is 90.5 Å². The van der Waals surface area contributed by atoms with Gasteiger partial charge in [-0.25, -0.2) is 4.68 Å². The molecular weight excluding hydrogens is 366 g/mol. The molecule has 0 saturated heterocycles. The van der Waals surface area contributed by atoms with Gasteiger partial charge in [0.05, 0.1) is 11.4 Å².